The van der Waals surface area contributed by atoms with Crippen LogP contribution in [0.4, 0.5) is 0 Å². The Labute approximate surface area is 93.4 Å². The Morgan fingerprint density at radius 1 is 1.62 bits per heavy atom. The standard InChI is InChI=1S/C9H15N5O2/c10-13-12-7-8(15)11-4-2-6-14-5-1-3-9(14)16/h1-7H2,(H,11,15). The van der Waals surface area contributed by atoms with Crippen molar-refractivity contribution in [2.45, 2.75) is 19.3 Å². The first-order valence-corrected chi connectivity index (χ1v) is 5.29. The fraction of sp³-hybridized carbons (Fsp3) is 0.778. The zero-order valence-electron chi connectivity index (χ0n) is 9.06. The molecule has 0 aromatic rings. The molecule has 1 saturated heterocycles. The van der Waals surface area contributed by atoms with E-state index in [0.717, 1.165) is 19.4 Å². The van der Waals surface area contributed by atoms with Crippen LogP contribution in [0.3, 0.4) is 0 Å². The maximum atomic E-state index is 11.2. The third-order valence-electron chi connectivity index (χ3n) is 2.38. The molecule has 1 heterocycles. The molecule has 1 rings (SSSR count). The van der Waals surface area contributed by atoms with Crippen LogP contribution in [-0.2, 0) is 9.59 Å². The van der Waals surface area contributed by atoms with Gasteiger partial charge in [-0.3, -0.25) is 9.59 Å². The van der Waals surface area contributed by atoms with Gasteiger partial charge in [0.2, 0.25) is 11.8 Å². The fourth-order valence-corrected chi connectivity index (χ4v) is 1.59. The van der Waals surface area contributed by atoms with Crippen molar-refractivity contribution in [3.63, 3.8) is 0 Å². The lowest BCUT2D eigenvalue weighted by Gasteiger charge is -2.14. The van der Waals surface area contributed by atoms with E-state index < -0.39 is 0 Å². The van der Waals surface area contributed by atoms with Crippen LogP contribution in [0.1, 0.15) is 19.3 Å². The minimum absolute atomic E-state index is 0.168. The summed E-state index contributed by atoms with van der Waals surface area (Å²) in [6, 6.07) is 0. The molecule has 0 aromatic carbocycles. The van der Waals surface area contributed by atoms with E-state index in [-0.39, 0.29) is 18.4 Å². The fourth-order valence-electron chi connectivity index (χ4n) is 1.59. The number of hydrogen-bond acceptors (Lipinski definition) is 3. The molecule has 1 fully saturated rings. The zero-order chi connectivity index (χ0) is 11.8. The number of nitrogens with one attached hydrogen (secondary N) is 1. The van der Waals surface area contributed by atoms with Gasteiger partial charge >= 0.3 is 0 Å². The predicted molar refractivity (Wildman–Crippen MR) is 57.5 cm³/mol. The molecule has 7 nitrogen and oxygen atoms in total. The molecule has 16 heavy (non-hydrogen) atoms. The summed E-state index contributed by atoms with van der Waals surface area (Å²) in [6.07, 6.45) is 2.30. The Hall–Kier alpha value is -1.75. The summed E-state index contributed by atoms with van der Waals surface area (Å²) < 4.78 is 0. The number of carbonyl (C=O) groups is 2. The number of likely N-dealkylation sites (tertiary alicyclic amines) is 1. The Morgan fingerprint density at radius 3 is 3.06 bits per heavy atom. The SMILES string of the molecule is [N-]=[N+]=NCC(=O)NCCCN1CCCC1=O. The quantitative estimate of drug-likeness (QED) is 0.307. The number of nitrogens with zero attached hydrogens (tertiary/aromatic N) is 4. The maximum absolute atomic E-state index is 11.2. The normalized spacial score (nSPS) is 14.8. The Balaban J connectivity index is 2.05. The van der Waals surface area contributed by atoms with E-state index in [1.165, 1.54) is 0 Å². The average Bonchev–Trinajstić information content (AvgIpc) is 2.67. The summed E-state index contributed by atoms with van der Waals surface area (Å²) in [5.74, 6) is -0.0917. The van der Waals surface area contributed by atoms with Crippen LogP contribution in [0.2, 0.25) is 0 Å². The Morgan fingerprint density at radius 2 is 2.44 bits per heavy atom. The van der Waals surface area contributed by atoms with Gasteiger partial charge in [0.15, 0.2) is 0 Å². The van der Waals surface area contributed by atoms with Crippen molar-refractivity contribution in [3.05, 3.63) is 10.4 Å². The number of amides is 2. The van der Waals surface area contributed by atoms with Crippen LogP contribution in [0.25, 0.3) is 10.4 Å². The maximum Gasteiger partial charge on any atom is 0.225 e. The second kappa shape index (κ2) is 6.68. The van der Waals surface area contributed by atoms with Crippen LogP contribution >= 0.6 is 0 Å². The molecule has 0 aromatic heterocycles. The molecule has 2 amide bonds. The highest BCUT2D eigenvalue weighted by atomic mass is 16.2. The summed E-state index contributed by atoms with van der Waals surface area (Å²) in [4.78, 5) is 26.5. The first kappa shape index (κ1) is 12.3. The van der Waals surface area contributed by atoms with E-state index in [9.17, 15) is 9.59 Å². The lowest BCUT2D eigenvalue weighted by atomic mass is 10.4. The van der Waals surface area contributed by atoms with Gasteiger partial charge in [0.1, 0.15) is 6.54 Å². The second-order valence-electron chi connectivity index (χ2n) is 3.58. The molecular weight excluding hydrogens is 210 g/mol. The smallest absolute Gasteiger partial charge is 0.225 e. The number of hydrogen-bond donors (Lipinski definition) is 1. The highest BCUT2D eigenvalue weighted by molar-refractivity contribution is 5.78. The molecule has 0 radical (unpaired) electrons. The minimum Gasteiger partial charge on any atom is -0.356 e. The van der Waals surface area contributed by atoms with Crippen molar-refractivity contribution >= 4 is 11.8 Å². The van der Waals surface area contributed by atoms with Crippen LogP contribution in [0, 0.1) is 0 Å². The lowest BCUT2D eigenvalue weighted by Crippen LogP contribution is -2.31. The summed E-state index contributed by atoms with van der Waals surface area (Å²) in [6.45, 7) is 1.84. The van der Waals surface area contributed by atoms with Gasteiger partial charge in [-0.25, -0.2) is 0 Å². The molecule has 0 saturated carbocycles. The zero-order valence-corrected chi connectivity index (χ0v) is 9.06. The number of rotatable bonds is 6. The van der Waals surface area contributed by atoms with E-state index >= 15 is 0 Å². The summed E-state index contributed by atoms with van der Waals surface area (Å²) >= 11 is 0. The van der Waals surface area contributed by atoms with Crippen LogP contribution in [0.5, 0.6) is 0 Å². The number of azide groups is 1. The van der Waals surface area contributed by atoms with Gasteiger partial charge in [-0.15, -0.1) is 0 Å². The van der Waals surface area contributed by atoms with Gasteiger partial charge in [-0.05, 0) is 18.4 Å². The van der Waals surface area contributed by atoms with Gasteiger partial charge < -0.3 is 10.2 Å². The minimum atomic E-state index is -0.287. The molecule has 88 valence electrons. The van der Waals surface area contributed by atoms with Gasteiger partial charge in [0.05, 0.1) is 0 Å². The van der Waals surface area contributed by atoms with Gasteiger partial charge in [0.25, 0.3) is 0 Å². The molecule has 0 atom stereocenters. The summed E-state index contributed by atoms with van der Waals surface area (Å²) in [5, 5.41) is 5.76. The lowest BCUT2D eigenvalue weighted by molar-refractivity contribution is -0.127. The van der Waals surface area contributed by atoms with Gasteiger partial charge in [-0.1, -0.05) is 5.11 Å². The molecule has 1 aliphatic heterocycles. The number of carbonyl (C=O) groups excluding carboxylic acids is 2. The predicted octanol–water partition coefficient (Wildman–Crippen LogP) is 0.425. The molecular formula is C9H15N5O2. The molecule has 0 spiro atoms. The van der Waals surface area contributed by atoms with Crippen molar-refractivity contribution < 1.29 is 9.59 Å². The third-order valence-corrected chi connectivity index (χ3v) is 2.38. The first-order valence-electron chi connectivity index (χ1n) is 5.29. The van der Waals surface area contributed by atoms with E-state index in [2.05, 4.69) is 15.3 Å². The monoisotopic (exact) mass is 225 g/mol. The third kappa shape index (κ3) is 4.18. The van der Waals surface area contributed by atoms with Crippen molar-refractivity contribution in [1.82, 2.24) is 10.2 Å². The Bertz CT molecular complexity index is 311. The molecule has 0 bridgehead atoms. The van der Waals surface area contributed by atoms with Crippen LogP contribution in [-0.4, -0.2) is 42.9 Å². The van der Waals surface area contributed by atoms with Crippen molar-refractivity contribution in [2.75, 3.05) is 26.2 Å². The van der Waals surface area contributed by atoms with E-state index in [4.69, 9.17) is 5.53 Å². The molecule has 1 aliphatic rings. The van der Waals surface area contributed by atoms with Crippen molar-refractivity contribution in [3.8, 4) is 0 Å². The second-order valence-corrected chi connectivity index (χ2v) is 3.58. The molecule has 0 aliphatic carbocycles. The van der Waals surface area contributed by atoms with Crippen molar-refractivity contribution in [1.29, 1.82) is 0 Å². The topological polar surface area (TPSA) is 98.2 Å². The summed E-state index contributed by atoms with van der Waals surface area (Å²) in [7, 11) is 0. The van der Waals surface area contributed by atoms with Crippen molar-refractivity contribution in [2.24, 2.45) is 5.11 Å². The van der Waals surface area contributed by atoms with E-state index in [0.29, 0.717) is 19.5 Å². The first-order chi connectivity index (χ1) is 7.74. The van der Waals surface area contributed by atoms with Gasteiger partial charge in [0, 0.05) is 31.0 Å². The molecule has 7 heteroatoms. The van der Waals surface area contributed by atoms with Gasteiger partial charge in [-0.2, -0.15) is 0 Å². The largest absolute Gasteiger partial charge is 0.356 e. The van der Waals surface area contributed by atoms with Crippen LogP contribution < -0.4 is 5.32 Å². The van der Waals surface area contributed by atoms with E-state index in [1.54, 1.807) is 4.90 Å². The highest BCUT2D eigenvalue weighted by Crippen LogP contribution is 2.09. The molecule has 1 N–H and O–H groups in total. The van der Waals surface area contributed by atoms with E-state index in [1.807, 2.05) is 0 Å². The highest BCUT2D eigenvalue weighted by Gasteiger charge is 2.18. The average molecular weight is 225 g/mol. The Kier molecular flexibility index (Phi) is 5.15. The molecule has 0 unspecified atom stereocenters. The summed E-state index contributed by atoms with van der Waals surface area (Å²) in [5.41, 5.74) is 7.99. The van der Waals surface area contributed by atoms with Crippen LogP contribution in [0.15, 0.2) is 5.11 Å².